The minimum Gasteiger partial charge on any atom is -0.478 e. The molecule has 0 spiro atoms. The molecule has 0 bridgehead atoms. The van der Waals surface area contributed by atoms with E-state index in [0.717, 1.165) is 32.7 Å². The summed E-state index contributed by atoms with van der Waals surface area (Å²) in [5.74, 6) is -0.111. The molecular weight excluding hydrogens is 492 g/mol. The smallest absolute Gasteiger partial charge is 0.335 e. The molecule has 0 saturated carbocycles. The number of nitrogens with zero attached hydrogens (tertiary/aromatic N) is 2. The molecule has 0 aliphatic rings. The molecule has 0 unspecified atom stereocenters. The van der Waals surface area contributed by atoms with Crippen LogP contribution < -0.4 is 0 Å². The van der Waals surface area contributed by atoms with E-state index < -0.39 is 5.97 Å². The average molecular weight is 512 g/mol. The summed E-state index contributed by atoms with van der Waals surface area (Å²) in [6.07, 6.45) is 1.98. The van der Waals surface area contributed by atoms with Crippen molar-refractivity contribution >= 4 is 33.5 Å². The molecule has 7 heteroatoms. The number of ether oxygens (including phenoxy) is 1. The third-order valence-corrected chi connectivity index (χ3v) is 5.70. The van der Waals surface area contributed by atoms with Crippen molar-refractivity contribution in [2.45, 2.75) is 19.8 Å². The number of carbonyl (C=O) groups is 1. The van der Waals surface area contributed by atoms with Crippen molar-refractivity contribution < 1.29 is 14.6 Å². The first kappa shape index (κ1) is 22.3. The predicted molar refractivity (Wildman–Crippen MR) is 128 cm³/mol. The summed E-state index contributed by atoms with van der Waals surface area (Å²) in [4.78, 5) is 15.9. The zero-order valence-electron chi connectivity index (χ0n) is 17.0. The van der Waals surface area contributed by atoms with Crippen molar-refractivity contribution in [3.8, 4) is 11.4 Å². The second-order valence-electron chi connectivity index (χ2n) is 7.31. The van der Waals surface area contributed by atoms with Crippen LogP contribution in [0, 0.1) is 0 Å². The van der Waals surface area contributed by atoms with Crippen molar-refractivity contribution in [2.75, 3.05) is 0 Å². The number of hydrogen-bond acceptors (Lipinski definition) is 3. The number of aromatic carboxylic acids is 1. The quantitative estimate of drug-likeness (QED) is 0.296. The van der Waals surface area contributed by atoms with Crippen LogP contribution in [0.15, 0.2) is 83.5 Å². The zero-order valence-corrected chi connectivity index (χ0v) is 19.4. The highest BCUT2D eigenvalue weighted by Crippen LogP contribution is 2.23. The summed E-state index contributed by atoms with van der Waals surface area (Å²) in [5, 5.41) is 9.82. The fourth-order valence-corrected chi connectivity index (χ4v) is 3.68. The van der Waals surface area contributed by atoms with Crippen LogP contribution >= 0.6 is 27.5 Å². The van der Waals surface area contributed by atoms with Crippen molar-refractivity contribution in [3.05, 3.63) is 111 Å². The lowest BCUT2D eigenvalue weighted by Gasteiger charge is -2.08. The Morgan fingerprint density at radius 3 is 2.25 bits per heavy atom. The molecule has 1 heterocycles. The number of benzene rings is 3. The van der Waals surface area contributed by atoms with E-state index in [1.165, 1.54) is 0 Å². The van der Waals surface area contributed by atoms with Crippen LogP contribution in [-0.2, 0) is 24.5 Å². The molecule has 0 fully saturated rings. The number of hydrogen-bond donors (Lipinski definition) is 1. The molecule has 0 saturated heterocycles. The minimum absolute atomic E-state index is 0.267. The van der Waals surface area contributed by atoms with Crippen molar-refractivity contribution in [3.63, 3.8) is 0 Å². The molecule has 3 aromatic carbocycles. The van der Waals surface area contributed by atoms with Gasteiger partial charge in [0.1, 0.15) is 5.82 Å². The molecule has 0 amide bonds. The summed E-state index contributed by atoms with van der Waals surface area (Å²) < 4.78 is 8.92. The zero-order chi connectivity index (χ0) is 22.5. The van der Waals surface area contributed by atoms with Crippen LogP contribution in [0.1, 0.15) is 27.2 Å². The van der Waals surface area contributed by atoms with Gasteiger partial charge in [-0.2, -0.15) is 0 Å². The van der Waals surface area contributed by atoms with Gasteiger partial charge in [0.15, 0.2) is 0 Å². The third kappa shape index (κ3) is 5.65. The highest BCUT2D eigenvalue weighted by atomic mass is 79.9. The minimum atomic E-state index is -0.935. The van der Waals surface area contributed by atoms with Crippen LogP contribution in [-0.4, -0.2) is 20.6 Å². The molecule has 0 aliphatic carbocycles. The van der Waals surface area contributed by atoms with Gasteiger partial charge in [-0.05, 0) is 47.5 Å². The van der Waals surface area contributed by atoms with Gasteiger partial charge in [-0.15, -0.1) is 0 Å². The van der Waals surface area contributed by atoms with Crippen LogP contribution in [0.4, 0.5) is 0 Å². The molecule has 0 atom stereocenters. The van der Waals surface area contributed by atoms with E-state index in [2.05, 4.69) is 20.5 Å². The molecule has 0 aliphatic heterocycles. The molecule has 1 aromatic heterocycles. The summed E-state index contributed by atoms with van der Waals surface area (Å²) in [6.45, 7) is 1.40. The molecule has 4 rings (SSSR count). The van der Waals surface area contributed by atoms with Gasteiger partial charge in [-0.25, -0.2) is 9.78 Å². The maximum atomic E-state index is 11.1. The van der Waals surface area contributed by atoms with Crippen LogP contribution in [0.3, 0.4) is 0 Å². The van der Waals surface area contributed by atoms with Crippen molar-refractivity contribution in [1.29, 1.82) is 0 Å². The van der Waals surface area contributed by atoms with E-state index in [1.807, 2.05) is 66.9 Å². The number of rotatable bonds is 8. The monoisotopic (exact) mass is 510 g/mol. The molecule has 0 radical (unpaired) electrons. The molecule has 32 heavy (non-hydrogen) atoms. The Hall–Kier alpha value is -2.93. The topological polar surface area (TPSA) is 64.3 Å². The number of carboxylic acid groups (broad SMARTS) is 1. The number of halogens is 2. The van der Waals surface area contributed by atoms with Crippen molar-refractivity contribution in [1.82, 2.24) is 9.55 Å². The summed E-state index contributed by atoms with van der Waals surface area (Å²) in [5.41, 5.74) is 4.10. The van der Waals surface area contributed by atoms with Crippen LogP contribution in [0.25, 0.3) is 11.4 Å². The van der Waals surface area contributed by atoms with Gasteiger partial charge >= 0.3 is 5.97 Å². The van der Waals surface area contributed by atoms with E-state index in [-0.39, 0.29) is 5.56 Å². The first-order valence-corrected chi connectivity index (χ1v) is 11.1. The van der Waals surface area contributed by atoms with Gasteiger partial charge in [0.2, 0.25) is 0 Å². The molecule has 162 valence electrons. The largest absolute Gasteiger partial charge is 0.478 e. The summed E-state index contributed by atoms with van der Waals surface area (Å²) in [6, 6.07) is 22.4. The van der Waals surface area contributed by atoms with Gasteiger partial charge in [-0.1, -0.05) is 63.9 Å². The highest BCUT2D eigenvalue weighted by Gasteiger charge is 2.12. The number of imidazole rings is 1. The third-order valence-electron chi connectivity index (χ3n) is 4.91. The van der Waals surface area contributed by atoms with Gasteiger partial charge in [0.05, 0.1) is 24.5 Å². The van der Waals surface area contributed by atoms with E-state index in [9.17, 15) is 4.79 Å². The van der Waals surface area contributed by atoms with Crippen LogP contribution in [0.2, 0.25) is 5.02 Å². The number of carboxylic acids is 1. The maximum absolute atomic E-state index is 11.1. The fraction of sp³-hybridized carbons (Fsp3) is 0.120. The van der Waals surface area contributed by atoms with Gasteiger partial charge < -0.3 is 14.4 Å². The Kier molecular flexibility index (Phi) is 7.05. The molecular formula is C25H20BrClN2O3. The van der Waals surface area contributed by atoms with Gasteiger partial charge in [0.25, 0.3) is 0 Å². The first-order chi connectivity index (χ1) is 15.5. The van der Waals surface area contributed by atoms with Gasteiger partial charge in [0, 0.05) is 27.8 Å². The average Bonchev–Trinajstić information content (AvgIpc) is 3.18. The van der Waals surface area contributed by atoms with Crippen LogP contribution in [0.5, 0.6) is 0 Å². The molecule has 1 N–H and O–H groups in total. The molecule has 4 aromatic rings. The lowest BCUT2D eigenvalue weighted by atomic mass is 10.1. The fourth-order valence-electron chi connectivity index (χ4n) is 3.29. The normalized spacial score (nSPS) is 10.9. The Morgan fingerprint density at radius 2 is 1.59 bits per heavy atom. The summed E-state index contributed by atoms with van der Waals surface area (Å²) in [7, 11) is 0. The Morgan fingerprint density at radius 1 is 0.938 bits per heavy atom. The van der Waals surface area contributed by atoms with E-state index >= 15 is 0 Å². The lowest BCUT2D eigenvalue weighted by molar-refractivity contribution is 0.0697. The highest BCUT2D eigenvalue weighted by molar-refractivity contribution is 9.10. The summed E-state index contributed by atoms with van der Waals surface area (Å²) >= 11 is 9.41. The standard InChI is InChI=1S/C25H20BrClN2O3/c26-21-9-7-19(8-10-21)24-28-23(16-32-15-18-3-11-22(27)12-4-18)14-29(24)13-17-1-5-20(6-2-17)25(30)31/h1-12,14H,13,15-16H2,(H,30,31). The first-order valence-electron chi connectivity index (χ1n) is 9.94. The number of aromatic nitrogens is 2. The second kappa shape index (κ2) is 10.1. The molecule has 5 nitrogen and oxygen atoms in total. The van der Waals surface area contributed by atoms with E-state index in [1.54, 1.807) is 12.1 Å². The SMILES string of the molecule is O=C(O)c1ccc(Cn2cc(COCc3ccc(Cl)cc3)nc2-c2ccc(Br)cc2)cc1. The Labute approximate surface area is 199 Å². The van der Waals surface area contributed by atoms with Gasteiger partial charge in [-0.3, -0.25) is 0 Å². The Balaban J connectivity index is 1.54. The van der Waals surface area contributed by atoms with Crippen molar-refractivity contribution in [2.24, 2.45) is 0 Å². The van der Waals surface area contributed by atoms with E-state index in [0.29, 0.717) is 24.8 Å². The van der Waals surface area contributed by atoms with E-state index in [4.69, 9.17) is 26.4 Å². The predicted octanol–water partition coefficient (Wildman–Crippen LogP) is 6.43. The second-order valence-corrected chi connectivity index (χ2v) is 8.66. The Bertz CT molecular complexity index is 1200. The maximum Gasteiger partial charge on any atom is 0.335 e. The lowest BCUT2D eigenvalue weighted by Crippen LogP contribution is -2.02.